The summed E-state index contributed by atoms with van der Waals surface area (Å²) in [5, 5.41) is 18.4. The molecule has 1 rings (SSSR count). The summed E-state index contributed by atoms with van der Waals surface area (Å²) in [6, 6.07) is 3.66. The van der Waals surface area contributed by atoms with Crippen LogP contribution in [0.5, 0.6) is 5.75 Å². The number of hydrogen-bond acceptors (Lipinski definition) is 7. The number of carboxylic acid groups (broad SMARTS) is 1. The van der Waals surface area contributed by atoms with E-state index in [1.165, 1.54) is 19.2 Å². The number of aliphatic carboxylic acids is 1. The van der Waals surface area contributed by atoms with Crippen molar-refractivity contribution in [1.82, 2.24) is 4.72 Å². The fourth-order valence-corrected chi connectivity index (χ4v) is 2.94. The van der Waals surface area contributed by atoms with Crippen LogP contribution in [-0.4, -0.2) is 56.4 Å². The predicted molar refractivity (Wildman–Crippen MR) is 82.4 cm³/mol. The second kappa shape index (κ2) is 7.60. The molecule has 1 aromatic rings. The number of aliphatic hydroxyl groups is 1. The summed E-state index contributed by atoms with van der Waals surface area (Å²) >= 11 is 0. The van der Waals surface area contributed by atoms with Crippen molar-refractivity contribution in [2.24, 2.45) is 0 Å². The van der Waals surface area contributed by atoms with E-state index in [9.17, 15) is 23.1 Å². The standard InChI is InChI=1S/C14H19NO8S/c1-4-23-12(16)9-5-6-10(22-3)11(7-9)24(20,21)15-8-14(2,19)13(17)18/h5-7,15,19H,4,8H2,1-3H3,(H,17,18). The molecule has 0 heterocycles. The fraction of sp³-hybridized carbons (Fsp3) is 0.429. The van der Waals surface area contributed by atoms with Gasteiger partial charge in [0.2, 0.25) is 10.0 Å². The highest BCUT2D eigenvalue weighted by atomic mass is 32.2. The molecule has 0 spiro atoms. The topological polar surface area (TPSA) is 139 Å². The average Bonchev–Trinajstić information content (AvgIpc) is 2.52. The molecule has 0 radical (unpaired) electrons. The fourth-order valence-electron chi connectivity index (χ4n) is 1.62. The Kier molecular flexibility index (Phi) is 6.29. The Balaban J connectivity index is 3.19. The summed E-state index contributed by atoms with van der Waals surface area (Å²) in [6.45, 7) is 1.91. The molecule has 0 aliphatic rings. The van der Waals surface area contributed by atoms with Crippen LogP contribution in [-0.2, 0) is 19.6 Å². The van der Waals surface area contributed by atoms with Gasteiger partial charge in [-0.3, -0.25) is 0 Å². The van der Waals surface area contributed by atoms with Gasteiger partial charge >= 0.3 is 11.9 Å². The van der Waals surface area contributed by atoms with Crippen molar-refractivity contribution in [3.05, 3.63) is 23.8 Å². The number of methoxy groups -OCH3 is 1. The van der Waals surface area contributed by atoms with E-state index in [0.29, 0.717) is 0 Å². The molecule has 10 heteroatoms. The Morgan fingerprint density at radius 2 is 1.96 bits per heavy atom. The number of benzene rings is 1. The third-order valence-electron chi connectivity index (χ3n) is 3.03. The highest BCUT2D eigenvalue weighted by Gasteiger charge is 2.32. The zero-order valence-electron chi connectivity index (χ0n) is 13.4. The first-order chi connectivity index (χ1) is 11.0. The number of nitrogens with one attached hydrogen (secondary N) is 1. The first-order valence-electron chi connectivity index (χ1n) is 6.85. The Hall–Kier alpha value is -2.17. The van der Waals surface area contributed by atoms with Crippen LogP contribution in [0.25, 0.3) is 0 Å². The minimum atomic E-state index is -4.25. The Morgan fingerprint density at radius 3 is 2.46 bits per heavy atom. The summed E-state index contributed by atoms with van der Waals surface area (Å²) in [5.74, 6) is -2.35. The van der Waals surface area contributed by atoms with Gasteiger partial charge < -0.3 is 19.7 Å². The number of esters is 1. The Labute approximate surface area is 139 Å². The maximum absolute atomic E-state index is 12.4. The van der Waals surface area contributed by atoms with E-state index in [4.69, 9.17) is 14.6 Å². The van der Waals surface area contributed by atoms with Crippen LogP contribution in [0, 0.1) is 0 Å². The van der Waals surface area contributed by atoms with Crippen LogP contribution in [0.15, 0.2) is 23.1 Å². The number of carboxylic acids is 1. The van der Waals surface area contributed by atoms with Gasteiger partial charge in [-0.1, -0.05) is 0 Å². The van der Waals surface area contributed by atoms with Crippen molar-refractivity contribution in [3.8, 4) is 5.75 Å². The van der Waals surface area contributed by atoms with E-state index in [1.54, 1.807) is 6.92 Å². The first-order valence-corrected chi connectivity index (χ1v) is 8.34. The lowest BCUT2D eigenvalue weighted by atomic mass is 10.1. The van der Waals surface area contributed by atoms with Gasteiger partial charge in [-0.05, 0) is 32.0 Å². The second-order valence-corrected chi connectivity index (χ2v) is 6.73. The van der Waals surface area contributed by atoms with Crippen LogP contribution in [0.4, 0.5) is 0 Å². The second-order valence-electron chi connectivity index (χ2n) is 4.99. The van der Waals surface area contributed by atoms with Crippen molar-refractivity contribution in [1.29, 1.82) is 0 Å². The van der Waals surface area contributed by atoms with Gasteiger partial charge in [-0.2, -0.15) is 0 Å². The lowest BCUT2D eigenvalue weighted by Gasteiger charge is -2.19. The van der Waals surface area contributed by atoms with Crippen LogP contribution >= 0.6 is 0 Å². The molecule has 0 fully saturated rings. The zero-order valence-corrected chi connectivity index (χ0v) is 14.2. The number of carbonyl (C=O) groups is 2. The molecule has 0 bridgehead atoms. The normalized spacial score (nSPS) is 13.8. The Morgan fingerprint density at radius 1 is 1.33 bits per heavy atom. The lowest BCUT2D eigenvalue weighted by Crippen LogP contribution is -2.46. The minimum absolute atomic E-state index is 0.0111. The van der Waals surface area contributed by atoms with Crippen LogP contribution < -0.4 is 9.46 Å². The summed E-state index contributed by atoms with van der Waals surface area (Å²) < 4.78 is 36.5. The molecule has 134 valence electrons. The summed E-state index contributed by atoms with van der Waals surface area (Å²) in [6.07, 6.45) is 0. The van der Waals surface area contributed by atoms with E-state index in [1.807, 2.05) is 4.72 Å². The monoisotopic (exact) mass is 361 g/mol. The van der Waals surface area contributed by atoms with Crippen molar-refractivity contribution >= 4 is 22.0 Å². The van der Waals surface area contributed by atoms with Crippen molar-refractivity contribution in [2.45, 2.75) is 24.3 Å². The van der Waals surface area contributed by atoms with Crippen LogP contribution in [0.2, 0.25) is 0 Å². The number of ether oxygens (including phenoxy) is 2. The highest BCUT2D eigenvalue weighted by molar-refractivity contribution is 7.89. The molecule has 0 aromatic heterocycles. The van der Waals surface area contributed by atoms with Gasteiger partial charge in [0.05, 0.1) is 25.8 Å². The zero-order chi connectivity index (χ0) is 18.5. The maximum atomic E-state index is 12.4. The van der Waals surface area contributed by atoms with Crippen molar-refractivity contribution < 1.29 is 37.7 Å². The highest BCUT2D eigenvalue weighted by Crippen LogP contribution is 2.25. The van der Waals surface area contributed by atoms with Gasteiger partial charge in [-0.15, -0.1) is 0 Å². The number of sulfonamides is 1. The SMILES string of the molecule is CCOC(=O)c1ccc(OC)c(S(=O)(=O)NCC(C)(O)C(=O)O)c1. The first kappa shape index (κ1) is 19.9. The van der Waals surface area contributed by atoms with E-state index < -0.39 is 34.1 Å². The van der Waals surface area contributed by atoms with Gasteiger partial charge in [0.1, 0.15) is 10.6 Å². The molecular formula is C14H19NO8S. The number of rotatable bonds is 8. The van der Waals surface area contributed by atoms with Gasteiger partial charge in [0, 0.05) is 0 Å². The van der Waals surface area contributed by atoms with E-state index in [0.717, 1.165) is 13.0 Å². The molecule has 24 heavy (non-hydrogen) atoms. The molecule has 0 saturated carbocycles. The third-order valence-corrected chi connectivity index (χ3v) is 4.45. The lowest BCUT2D eigenvalue weighted by molar-refractivity contribution is -0.155. The van der Waals surface area contributed by atoms with Crippen LogP contribution in [0.1, 0.15) is 24.2 Å². The predicted octanol–water partition coefficient (Wildman–Crippen LogP) is -0.0142. The quantitative estimate of drug-likeness (QED) is 0.549. The molecule has 1 unspecified atom stereocenters. The van der Waals surface area contributed by atoms with Crippen LogP contribution in [0.3, 0.4) is 0 Å². The summed E-state index contributed by atoms with van der Waals surface area (Å²) in [7, 11) is -3.00. The van der Waals surface area contributed by atoms with Gasteiger partial charge in [0.15, 0.2) is 5.60 Å². The van der Waals surface area contributed by atoms with E-state index in [-0.39, 0.29) is 22.8 Å². The van der Waals surface area contributed by atoms with Gasteiger partial charge in [-0.25, -0.2) is 22.7 Å². The van der Waals surface area contributed by atoms with Gasteiger partial charge in [0.25, 0.3) is 0 Å². The van der Waals surface area contributed by atoms with E-state index in [2.05, 4.69) is 0 Å². The summed E-state index contributed by atoms with van der Waals surface area (Å²) in [5.41, 5.74) is -2.30. The molecule has 0 aliphatic carbocycles. The number of hydrogen-bond donors (Lipinski definition) is 3. The molecule has 1 atom stereocenters. The molecule has 0 saturated heterocycles. The maximum Gasteiger partial charge on any atom is 0.338 e. The Bertz CT molecular complexity index is 726. The smallest absolute Gasteiger partial charge is 0.338 e. The molecule has 0 amide bonds. The summed E-state index contributed by atoms with van der Waals surface area (Å²) in [4.78, 5) is 22.2. The molecule has 9 nitrogen and oxygen atoms in total. The number of carbonyl (C=O) groups excluding carboxylic acids is 1. The third kappa shape index (κ3) is 4.66. The largest absolute Gasteiger partial charge is 0.495 e. The molecule has 1 aromatic carbocycles. The average molecular weight is 361 g/mol. The van der Waals surface area contributed by atoms with Crippen molar-refractivity contribution in [3.63, 3.8) is 0 Å². The molecular weight excluding hydrogens is 342 g/mol. The van der Waals surface area contributed by atoms with E-state index >= 15 is 0 Å². The molecule has 0 aliphatic heterocycles. The van der Waals surface area contributed by atoms with Crippen molar-refractivity contribution in [2.75, 3.05) is 20.3 Å². The molecule has 3 N–H and O–H groups in total. The minimum Gasteiger partial charge on any atom is -0.495 e.